The van der Waals surface area contributed by atoms with Crippen LogP contribution in [-0.2, 0) is 0 Å². The van der Waals surface area contributed by atoms with E-state index in [2.05, 4.69) is 15.7 Å². The van der Waals surface area contributed by atoms with Crippen LogP contribution in [0, 0.1) is 6.92 Å². The largest absolute Gasteiger partial charge is 0.497 e. The van der Waals surface area contributed by atoms with Gasteiger partial charge < -0.3 is 15.5 Å². The predicted octanol–water partition coefficient (Wildman–Crippen LogP) is 1.94. The summed E-state index contributed by atoms with van der Waals surface area (Å²) < 4.78 is 5.12. The van der Waals surface area contributed by atoms with Crippen LogP contribution in [0.5, 0.6) is 5.75 Å². The fourth-order valence-corrected chi connectivity index (χ4v) is 1.73. The number of amides is 1. The fourth-order valence-electron chi connectivity index (χ4n) is 1.73. The molecule has 0 fully saturated rings. The lowest BCUT2D eigenvalue weighted by molar-refractivity contribution is 0.102. The fraction of sp³-hybridized carbons (Fsp3) is 0.143. The third-order valence-electron chi connectivity index (χ3n) is 2.81. The number of methoxy groups -OCH3 is 1. The van der Waals surface area contributed by atoms with Crippen molar-refractivity contribution in [3.63, 3.8) is 0 Å². The van der Waals surface area contributed by atoms with Gasteiger partial charge in [0.15, 0.2) is 0 Å². The minimum Gasteiger partial charge on any atom is -0.497 e. The number of aromatic nitrogens is 1. The number of nitrogens with one attached hydrogen (secondary N) is 2. The van der Waals surface area contributed by atoms with Crippen molar-refractivity contribution in [3.8, 4) is 5.75 Å². The van der Waals surface area contributed by atoms with E-state index in [-0.39, 0.29) is 11.6 Å². The average molecular weight is 272 g/mol. The molecule has 1 aromatic heterocycles. The van der Waals surface area contributed by atoms with Gasteiger partial charge in [-0.1, -0.05) is 6.07 Å². The first kappa shape index (κ1) is 13.8. The second-order valence-electron chi connectivity index (χ2n) is 4.19. The highest BCUT2D eigenvalue weighted by atomic mass is 16.5. The van der Waals surface area contributed by atoms with Crippen molar-refractivity contribution < 1.29 is 9.53 Å². The molecule has 0 saturated carbocycles. The number of nitrogens with zero attached hydrogens (tertiary/aromatic N) is 1. The summed E-state index contributed by atoms with van der Waals surface area (Å²) in [4.78, 5) is 16.2. The smallest absolute Gasteiger partial charge is 0.274 e. The van der Waals surface area contributed by atoms with Crippen molar-refractivity contribution in [1.82, 2.24) is 4.98 Å². The summed E-state index contributed by atoms with van der Waals surface area (Å²) >= 11 is 0. The van der Waals surface area contributed by atoms with Crippen LogP contribution in [-0.4, -0.2) is 18.0 Å². The van der Waals surface area contributed by atoms with Crippen LogP contribution in [0.25, 0.3) is 0 Å². The molecule has 0 radical (unpaired) electrons. The minimum atomic E-state index is -0.296. The molecule has 1 heterocycles. The Kier molecular flexibility index (Phi) is 4.17. The molecule has 0 aliphatic rings. The lowest BCUT2D eigenvalue weighted by atomic mass is 10.2. The number of carbonyl (C=O) groups excluding carboxylic acids is 1. The number of carbonyl (C=O) groups is 1. The first-order valence-electron chi connectivity index (χ1n) is 6.03. The lowest BCUT2D eigenvalue weighted by Crippen LogP contribution is -2.16. The third kappa shape index (κ3) is 3.04. The Hall–Kier alpha value is -2.60. The summed E-state index contributed by atoms with van der Waals surface area (Å²) in [5.74, 6) is 6.15. The zero-order chi connectivity index (χ0) is 14.5. The molecule has 0 spiro atoms. The SMILES string of the molecule is COc1ccc(NC(=O)c2cccc(NN)n2)c(C)c1. The van der Waals surface area contributed by atoms with E-state index in [9.17, 15) is 4.79 Å². The van der Waals surface area contributed by atoms with Gasteiger partial charge in [-0.15, -0.1) is 0 Å². The molecule has 0 aliphatic heterocycles. The molecule has 0 aliphatic carbocycles. The van der Waals surface area contributed by atoms with Crippen LogP contribution in [0.3, 0.4) is 0 Å². The van der Waals surface area contributed by atoms with E-state index in [4.69, 9.17) is 10.6 Å². The number of hydrogen-bond donors (Lipinski definition) is 3. The zero-order valence-electron chi connectivity index (χ0n) is 11.3. The maximum atomic E-state index is 12.1. The van der Waals surface area contributed by atoms with Gasteiger partial charge in [-0.2, -0.15) is 0 Å². The second-order valence-corrected chi connectivity index (χ2v) is 4.19. The molecule has 20 heavy (non-hydrogen) atoms. The third-order valence-corrected chi connectivity index (χ3v) is 2.81. The summed E-state index contributed by atoms with van der Waals surface area (Å²) in [5, 5.41) is 2.80. The van der Waals surface area contributed by atoms with Gasteiger partial charge in [-0.05, 0) is 42.8 Å². The van der Waals surface area contributed by atoms with Crippen molar-refractivity contribution in [2.75, 3.05) is 17.9 Å². The summed E-state index contributed by atoms with van der Waals surface area (Å²) in [6.45, 7) is 1.89. The van der Waals surface area contributed by atoms with Gasteiger partial charge in [0.1, 0.15) is 17.3 Å². The van der Waals surface area contributed by atoms with Gasteiger partial charge in [0.25, 0.3) is 5.91 Å². The van der Waals surface area contributed by atoms with E-state index in [1.54, 1.807) is 37.4 Å². The van der Waals surface area contributed by atoms with E-state index in [0.717, 1.165) is 11.3 Å². The lowest BCUT2D eigenvalue weighted by Gasteiger charge is -2.10. The van der Waals surface area contributed by atoms with Crippen LogP contribution in [0.4, 0.5) is 11.5 Å². The molecule has 6 heteroatoms. The van der Waals surface area contributed by atoms with E-state index in [1.807, 2.05) is 13.0 Å². The van der Waals surface area contributed by atoms with Crippen LogP contribution in [0.1, 0.15) is 16.1 Å². The van der Waals surface area contributed by atoms with Crippen LogP contribution in [0.2, 0.25) is 0 Å². The zero-order valence-corrected chi connectivity index (χ0v) is 11.3. The maximum absolute atomic E-state index is 12.1. The number of anilines is 2. The Morgan fingerprint density at radius 2 is 2.10 bits per heavy atom. The Morgan fingerprint density at radius 1 is 1.30 bits per heavy atom. The van der Waals surface area contributed by atoms with Gasteiger partial charge in [-0.3, -0.25) is 4.79 Å². The highest BCUT2D eigenvalue weighted by Crippen LogP contribution is 2.21. The van der Waals surface area contributed by atoms with Gasteiger partial charge in [0.05, 0.1) is 7.11 Å². The summed E-state index contributed by atoms with van der Waals surface area (Å²) in [5.41, 5.74) is 4.31. The van der Waals surface area contributed by atoms with Gasteiger partial charge >= 0.3 is 0 Å². The first-order valence-corrected chi connectivity index (χ1v) is 6.03. The van der Waals surface area contributed by atoms with Crippen molar-refractivity contribution in [3.05, 3.63) is 47.7 Å². The van der Waals surface area contributed by atoms with E-state index < -0.39 is 0 Å². The molecule has 0 saturated heterocycles. The van der Waals surface area contributed by atoms with E-state index in [0.29, 0.717) is 11.5 Å². The molecular formula is C14H16N4O2. The molecule has 0 bridgehead atoms. The second kappa shape index (κ2) is 6.03. The number of rotatable bonds is 4. The Bertz CT molecular complexity index is 628. The van der Waals surface area contributed by atoms with Crippen LogP contribution < -0.4 is 21.3 Å². The van der Waals surface area contributed by atoms with Crippen molar-refractivity contribution in [1.29, 1.82) is 0 Å². The minimum absolute atomic E-state index is 0.288. The number of hydrazine groups is 1. The Morgan fingerprint density at radius 3 is 2.75 bits per heavy atom. The molecule has 4 N–H and O–H groups in total. The summed E-state index contributed by atoms with van der Waals surface area (Å²) in [6.07, 6.45) is 0. The van der Waals surface area contributed by atoms with Gasteiger partial charge in [-0.25, -0.2) is 10.8 Å². The van der Waals surface area contributed by atoms with Gasteiger partial charge in [0, 0.05) is 5.69 Å². The van der Waals surface area contributed by atoms with Crippen molar-refractivity contribution >= 4 is 17.4 Å². The molecule has 0 atom stereocenters. The quantitative estimate of drug-likeness (QED) is 0.584. The number of nitrogens with two attached hydrogens (primary N) is 1. The number of benzene rings is 1. The van der Waals surface area contributed by atoms with Crippen LogP contribution >= 0.6 is 0 Å². The average Bonchev–Trinajstić information content (AvgIpc) is 2.49. The number of pyridine rings is 1. The van der Waals surface area contributed by atoms with E-state index >= 15 is 0 Å². The highest BCUT2D eigenvalue weighted by molar-refractivity contribution is 6.03. The first-order chi connectivity index (χ1) is 9.63. The Balaban J connectivity index is 2.18. The molecule has 6 nitrogen and oxygen atoms in total. The molecule has 104 valence electrons. The predicted molar refractivity (Wildman–Crippen MR) is 77.7 cm³/mol. The number of aryl methyl sites for hydroxylation is 1. The maximum Gasteiger partial charge on any atom is 0.274 e. The standard InChI is InChI=1S/C14H16N4O2/c1-9-8-10(20-2)6-7-11(9)17-14(19)12-4-3-5-13(16-12)18-15/h3-8H,15H2,1-2H3,(H,16,18)(H,17,19). The van der Waals surface area contributed by atoms with Gasteiger partial charge in [0.2, 0.25) is 0 Å². The molecule has 0 unspecified atom stereocenters. The normalized spacial score (nSPS) is 9.95. The van der Waals surface area contributed by atoms with Crippen molar-refractivity contribution in [2.45, 2.75) is 6.92 Å². The molecule has 2 aromatic rings. The van der Waals surface area contributed by atoms with Crippen molar-refractivity contribution in [2.24, 2.45) is 5.84 Å². The molecular weight excluding hydrogens is 256 g/mol. The summed E-state index contributed by atoms with van der Waals surface area (Å²) in [6, 6.07) is 10.4. The van der Waals surface area contributed by atoms with Crippen LogP contribution in [0.15, 0.2) is 36.4 Å². The number of nitrogen functional groups attached to an aromatic ring is 1. The molecule has 1 amide bonds. The Labute approximate surface area is 116 Å². The molecule has 2 rings (SSSR count). The highest BCUT2D eigenvalue weighted by Gasteiger charge is 2.10. The summed E-state index contributed by atoms with van der Waals surface area (Å²) in [7, 11) is 1.60. The topological polar surface area (TPSA) is 89.3 Å². The molecule has 1 aromatic carbocycles. The number of ether oxygens (including phenoxy) is 1. The number of hydrogen-bond acceptors (Lipinski definition) is 5. The monoisotopic (exact) mass is 272 g/mol. The van der Waals surface area contributed by atoms with E-state index in [1.165, 1.54) is 0 Å².